The average Bonchev–Trinajstić information content (AvgIpc) is 2.96. The van der Waals surface area contributed by atoms with Crippen molar-refractivity contribution in [2.24, 2.45) is 0 Å². The minimum atomic E-state index is -0.427. The molecule has 4 aromatic rings. The van der Waals surface area contributed by atoms with E-state index >= 15 is 4.39 Å². The molecule has 1 aliphatic heterocycles. The predicted molar refractivity (Wildman–Crippen MR) is 161 cm³/mol. The first-order chi connectivity index (χ1) is 19.3. The molecule has 3 aromatic carbocycles. The van der Waals surface area contributed by atoms with E-state index in [1.165, 1.54) is 6.07 Å². The maximum absolute atomic E-state index is 15.3. The first-order valence-electron chi connectivity index (χ1n) is 14.3. The molecule has 1 saturated heterocycles. The lowest BCUT2D eigenvalue weighted by Gasteiger charge is -2.42. The summed E-state index contributed by atoms with van der Waals surface area (Å²) >= 11 is 0. The average molecular weight is 539 g/mol. The van der Waals surface area contributed by atoms with Crippen LogP contribution >= 0.6 is 0 Å². The quantitative estimate of drug-likeness (QED) is 0.280. The number of rotatable bonds is 7. The molecule has 1 aromatic heterocycles. The van der Waals surface area contributed by atoms with Crippen LogP contribution in [0, 0.1) is 5.82 Å². The maximum Gasteiger partial charge on any atom is 0.252 e. The number of fused-ring (bicyclic) bond motifs is 1. The molecule has 6 heteroatoms. The topological polar surface area (TPSA) is 48.5 Å². The summed E-state index contributed by atoms with van der Waals surface area (Å²) in [5.41, 5.74) is 4.27. The van der Waals surface area contributed by atoms with Crippen LogP contribution in [-0.2, 0) is 6.54 Å². The Balaban J connectivity index is 1.62. The highest BCUT2D eigenvalue weighted by molar-refractivity contribution is 6.09. The second-order valence-electron chi connectivity index (χ2n) is 11.6. The molecule has 5 rings (SSSR count). The summed E-state index contributed by atoms with van der Waals surface area (Å²) in [5, 5.41) is 3.82. The van der Waals surface area contributed by atoms with Gasteiger partial charge in [-0.25, -0.2) is 9.37 Å². The Morgan fingerprint density at radius 3 is 2.20 bits per heavy atom. The van der Waals surface area contributed by atoms with Crippen LogP contribution < -0.4 is 5.32 Å². The van der Waals surface area contributed by atoms with Crippen LogP contribution in [0.25, 0.3) is 22.2 Å². The fourth-order valence-electron chi connectivity index (χ4n) is 5.68. The number of carbonyl (C=O) groups is 1. The Hall–Kier alpha value is -3.61. The standard InChI is InChI=1S/C34H39FN4O/c1-5-29(24-13-8-6-9-14-24)36-33(40)30-26-17-12-18-28(35)32(26)37-31(25-15-10-7-11-16-25)27(30)23-38-19-21-39(22-20-38)34(2,3)4/h6-18,29H,5,19-23H2,1-4H3,(H,36,40)/t29-/m0/s1. The molecule has 40 heavy (non-hydrogen) atoms. The monoisotopic (exact) mass is 538 g/mol. The van der Waals surface area contributed by atoms with Gasteiger partial charge in [0.1, 0.15) is 11.3 Å². The highest BCUT2D eigenvalue weighted by atomic mass is 19.1. The molecule has 2 heterocycles. The van der Waals surface area contributed by atoms with Crippen molar-refractivity contribution in [3.63, 3.8) is 0 Å². The third kappa shape index (κ3) is 5.93. The molecule has 1 amide bonds. The second-order valence-corrected chi connectivity index (χ2v) is 11.6. The highest BCUT2D eigenvalue weighted by Gasteiger charge is 2.29. The summed E-state index contributed by atoms with van der Waals surface area (Å²) in [5.74, 6) is -0.626. The van der Waals surface area contributed by atoms with E-state index in [-0.39, 0.29) is 23.0 Å². The molecular formula is C34H39FN4O. The van der Waals surface area contributed by atoms with Gasteiger partial charge in [-0.3, -0.25) is 14.6 Å². The first-order valence-corrected chi connectivity index (χ1v) is 14.3. The van der Waals surface area contributed by atoms with Gasteiger partial charge in [-0.15, -0.1) is 0 Å². The molecule has 5 nitrogen and oxygen atoms in total. The summed E-state index contributed by atoms with van der Waals surface area (Å²) in [7, 11) is 0. The number of nitrogens with zero attached hydrogens (tertiary/aromatic N) is 3. The van der Waals surface area contributed by atoms with Crippen LogP contribution in [0.4, 0.5) is 4.39 Å². The molecule has 208 valence electrons. The van der Waals surface area contributed by atoms with E-state index in [2.05, 4.69) is 42.8 Å². The molecule has 0 radical (unpaired) electrons. The predicted octanol–water partition coefficient (Wildman–Crippen LogP) is 6.84. The number of pyridine rings is 1. The Labute approximate surface area is 237 Å². The van der Waals surface area contributed by atoms with Gasteiger partial charge in [-0.2, -0.15) is 0 Å². The summed E-state index contributed by atoms with van der Waals surface area (Å²) in [6, 6.07) is 24.6. The summed E-state index contributed by atoms with van der Waals surface area (Å²) in [6.07, 6.45) is 0.739. The van der Waals surface area contributed by atoms with Crippen LogP contribution in [-0.4, -0.2) is 52.4 Å². The van der Waals surface area contributed by atoms with Crippen molar-refractivity contribution >= 4 is 16.8 Å². The lowest BCUT2D eigenvalue weighted by molar-refractivity contribution is 0.0589. The van der Waals surface area contributed by atoms with Gasteiger partial charge in [-0.1, -0.05) is 79.7 Å². The summed E-state index contributed by atoms with van der Waals surface area (Å²) in [6.45, 7) is 13.0. The Morgan fingerprint density at radius 1 is 0.925 bits per heavy atom. The largest absolute Gasteiger partial charge is 0.345 e. The molecule has 0 unspecified atom stereocenters. The van der Waals surface area contributed by atoms with Gasteiger partial charge in [0.2, 0.25) is 0 Å². The number of piperazine rings is 1. The lowest BCUT2D eigenvalue weighted by atomic mass is 9.94. The van der Waals surface area contributed by atoms with Gasteiger partial charge >= 0.3 is 0 Å². The number of hydrogen-bond acceptors (Lipinski definition) is 4. The third-order valence-corrected chi connectivity index (χ3v) is 7.96. The van der Waals surface area contributed by atoms with Crippen LogP contribution in [0.2, 0.25) is 0 Å². The van der Waals surface area contributed by atoms with E-state index in [1.54, 1.807) is 6.07 Å². The van der Waals surface area contributed by atoms with E-state index in [0.29, 0.717) is 23.2 Å². The number of amides is 1. The SMILES string of the molecule is CC[C@H](NC(=O)c1c(CN2CCN(C(C)(C)C)CC2)c(-c2ccccc2)nc2c(F)cccc12)c1ccccc1. The molecule has 1 fully saturated rings. The van der Waals surface area contributed by atoms with Gasteiger partial charge in [0.05, 0.1) is 17.3 Å². The Morgan fingerprint density at radius 2 is 1.57 bits per heavy atom. The number of para-hydroxylation sites is 1. The van der Waals surface area contributed by atoms with E-state index in [0.717, 1.165) is 49.3 Å². The van der Waals surface area contributed by atoms with Gasteiger partial charge in [-0.05, 0) is 38.8 Å². The highest BCUT2D eigenvalue weighted by Crippen LogP contribution is 2.33. The zero-order valence-corrected chi connectivity index (χ0v) is 24.0. The van der Waals surface area contributed by atoms with Crippen molar-refractivity contribution in [1.82, 2.24) is 20.1 Å². The van der Waals surface area contributed by atoms with Crippen molar-refractivity contribution in [2.75, 3.05) is 26.2 Å². The summed E-state index contributed by atoms with van der Waals surface area (Å²) < 4.78 is 15.3. The molecular weight excluding hydrogens is 499 g/mol. The first kappa shape index (κ1) is 27.9. The smallest absolute Gasteiger partial charge is 0.252 e. The molecule has 1 aliphatic rings. The van der Waals surface area contributed by atoms with Crippen LogP contribution in [0.1, 0.15) is 61.6 Å². The second kappa shape index (κ2) is 11.9. The van der Waals surface area contributed by atoms with Crippen LogP contribution in [0.15, 0.2) is 78.9 Å². The normalized spacial score (nSPS) is 15.7. The van der Waals surface area contributed by atoms with Gasteiger partial charge in [0.15, 0.2) is 0 Å². The Bertz CT molecular complexity index is 1460. The number of halogens is 1. The minimum absolute atomic E-state index is 0.112. The lowest BCUT2D eigenvalue weighted by Crippen LogP contribution is -2.53. The minimum Gasteiger partial charge on any atom is -0.345 e. The van der Waals surface area contributed by atoms with E-state index in [9.17, 15) is 4.79 Å². The van der Waals surface area contributed by atoms with E-state index in [4.69, 9.17) is 4.98 Å². The number of aromatic nitrogens is 1. The maximum atomic E-state index is 15.3. The molecule has 0 aliphatic carbocycles. The number of carbonyl (C=O) groups excluding carboxylic acids is 1. The number of benzene rings is 3. The van der Waals surface area contributed by atoms with Crippen molar-refractivity contribution < 1.29 is 9.18 Å². The fraction of sp³-hybridized carbons (Fsp3) is 0.353. The van der Waals surface area contributed by atoms with Crippen molar-refractivity contribution in [1.29, 1.82) is 0 Å². The number of nitrogens with one attached hydrogen (secondary N) is 1. The van der Waals surface area contributed by atoms with Gasteiger partial charge < -0.3 is 5.32 Å². The molecule has 0 spiro atoms. The Kier molecular flexibility index (Phi) is 8.29. The zero-order chi connectivity index (χ0) is 28.3. The molecule has 1 atom stereocenters. The van der Waals surface area contributed by atoms with Crippen molar-refractivity contribution in [3.8, 4) is 11.3 Å². The van der Waals surface area contributed by atoms with E-state index in [1.807, 2.05) is 66.7 Å². The van der Waals surface area contributed by atoms with E-state index < -0.39 is 5.82 Å². The van der Waals surface area contributed by atoms with Crippen molar-refractivity contribution in [2.45, 2.75) is 52.2 Å². The molecule has 1 N–H and O–H groups in total. The summed E-state index contributed by atoms with van der Waals surface area (Å²) in [4.78, 5) is 24.0. The van der Waals surface area contributed by atoms with Crippen molar-refractivity contribution in [3.05, 3.63) is 101 Å². The molecule has 0 saturated carbocycles. The zero-order valence-electron chi connectivity index (χ0n) is 24.0. The third-order valence-electron chi connectivity index (χ3n) is 7.96. The van der Waals surface area contributed by atoms with Crippen LogP contribution in [0.3, 0.4) is 0 Å². The number of hydrogen-bond donors (Lipinski definition) is 1. The fourth-order valence-corrected chi connectivity index (χ4v) is 5.68. The van der Waals surface area contributed by atoms with Gasteiger partial charge in [0, 0.05) is 54.8 Å². The van der Waals surface area contributed by atoms with Gasteiger partial charge in [0.25, 0.3) is 5.91 Å². The molecule has 0 bridgehead atoms. The van der Waals surface area contributed by atoms with Crippen LogP contribution in [0.5, 0.6) is 0 Å².